The highest BCUT2D eigenvalue weighted by Gasteiger charge is 2.18. The lowest BCUT2D eigenvalue weighted by Crippen LogP contribution is -2.27. The van der Waals surface area contributed by atoms with E-state index in [1.54, 1.807) is 0 Å². The molecule has 0 heterocycles. The van der Waals surface area contributed by atoms with Crippen molar-refractivity contribution in [2.24, 2.45) is 0 Å². The van der Waals surface area contributed by atoms with E-state index in [0.717, 1.165) is 10.0 Å². The normalized spacial score (nSPS) is 12.0. The fraction of sp³-hybridized carbons (Fsp3) is 0.133. The Balaban J connectivity index is 2.17. The summed E-state index contributed by atoms with van der Waals surface area (Å²) in [5.41, 5.74) is 0.798. The molecule has 0 spiro atoms. The Bertz CT molecular complexity index is 610. The molecule has 2 aromatic rings. The molecule has 0 aliphatic heterocycles. The number of rotatable bonds is 3. The molecule has 0 saturated carbocycles. The van der Waals surface area contributed by atoms with E-state index in [0.29, 0.717) is 0 Å². The van der Waals surface area contributed by atoms with Crippen LogP contribution in [0, 0.1) is 5.82 Å². The SMILES string of the molecule is C[C@H](NC(=O)c1c(F)cccc1Cl)c1ccc(Br)cc1. The smallest absolute Gasteiger partial charge is 0.256 e. The lowest BCUT2D eigenvalue weighted by atomic mass is 10.1. The summed E-state index contributed by atoms with van der Waals surface area (Å²) in [5.74, 6) is -1.15. The van der Waals surface area contributed by atoms with Gasteiger partial charge >= 0.3 is 0 Å². The van der Waals surface area contributed by atoms with Gasteiger partial charge in [-0.2, -0.15) is 0 Å². The average Bonchev–Trinajstić information content (AvgIpc) is 2.39. The minimum absolute atomic E-state index is 0.102. The fourth-order valence-electron chi connectivity index (χ4n) is 1.82. The molecule has 0 fully saturated rings. The molecule has 5 heteroatoms. The van der Waals surface area contributed by atoms with E-state index >= 15 is 0 Å². The van der Waals surface area contributed by atoms with E-state index in [-0.39, 0.29) is 16.6 Å². The maximum Gasteiger partial charge on any atom is 0.256 e. The Hall–Kier alpha value is -1.39. The Morgan fingerprint density at radius 1 is 1.25 bits per heavy atom. The second-order valence-corrected chi connectivity index (χ2v) is 5.67. The second-order valence-electron chi connectivity index (χ2n) is 4.34. The Morgan fingerprint density at radius 3 is 2.50 bits per heavy atom. The first-order valence-electron chi connectivity index (χ1n) is 5.99. The van der Waals surface area contributed by atoms with Crippen LogP contribution in [-0.4, -0.2) is 5.91 Å². The number of hydrogen-bond acceptors (Lipinski definition) is 1. The molecule has 0 aliphatic carbocycles. The Labute approximate surface area is 130 Å². The molecule has 0 radical (unpaired) electrons. The first-order chi connectivity index (χ1) is 9.49. The third-order valence-electron chi connectivity index (χ3n) is 2.91. The molecule has 2 rings (SSSR count). The fourth-order valence-corrected chi connectivity index (χ4v) is 2.33. The number of hydrogen-bond donors (Lipinski definition) is 1. The standard InChI is InChI=1S/C15H12BrClFNO/c1-9(10-5-7-11(16)8-6-10)19-15(20)14-12(17)3-2-4-13(14)18/h2-9H,1H3,(H,19,20)/t9-/m0/s1. The zero-order valence-electron chi connectivity index (χ0n) is 10.7. The molecule has 0 aliphatic rings. The van der Waals surface area contributed by atoms with Crippen molar-refractivity contribution in [2.75, 3.05) is 0 Å². The maximum atomic E-state index is 13.7. The van der Waals surface area contributed by atoms with Gasteiger partial charge in [0.05, 0.1) is 16.6 Å². The van der Waals surface area contributed by atoms with E-state index < -0.39 is 11.7 Å². The molecule has 1 N–H and O–H groups in total. The van der Waals surface area contributed by atoms with E-state index in [9.17, 15) is 9.18 Å². The van der Waals surface area contributed by atoms with Crippen LogP contribution < -0.4 is 5.32 Å². The monoisotopic (exact) mass is 355 g/mol. The summed E-state index contributed by atoms with van der Waals surface area (Å²) in [7, 11) is 0. The molecule has 0 bridgehead atoms. The van der Waals surface area contributed by atoms with Crippen LogP contribution in [0.5, 0.6) is 0 Å². The zero-order valence-corrected chi connectivity index (χ0v) is 13.0. The molecule has 0 unspecified atom stereocenters. The Morgan fingerprint density at radius 2 is 1.90 bits per heavy atom. The topological polar surface area (TPSA) is 29.1 Å². The number of nitrogens with one attached hydrogen (secondary N) is 1. The summed E-state index contributed by atoms with van der Waals surface area (Å²) < 4.78 is 14.6. The van der Waals surface area contributed by atoms with Gasteiger partial charge in [0.15, 0.2) is 0 Å². The van der Waals surface area contributed by atoms with Gasteiger partial charge in [-0.05, 0) is 36.8 Å². The van der Waals surface area contributed by atoms with E-state index in [2.05, 4.69) is 21.2 Å². The van der Waals surface area contributed by atoms with Crippen LogP contribution >= 0.6 is 27.5 Å². The minimum Gasteiger partial charge on any atom is -0.345 e. The van der Waals surface area contributed by atoms with E-state index in [4.69, 9.17) is 11.6 Å². The van der Waals surface area contributed by atoms with Gasteiger partial charge in [-0.15, -0.1) is 0 Å². The molecule has 0 aromatic heterocycles. The number of amides is 1. The summed E-state index contributed by atoms with van der Waals surface area (Å²) >= 11 is 9.21. The lowest BCUT2D eigenvalue weighted by molar-refractivity contribution is 0.0936. The van der Waals surface area contributed by atoms with E-state index in [1.165, 1.54) is 18.2 Å². The molecule has 2 aromatic carbocycles. The second kappa shape index (κ2) is 6.37. The van der Waals surface area contributed by atoms with Gasteiger partial charge in [-0.1, -0.05) is 45.7 Å². The Kier molecular flexibility index (Phi) is 4.78. The first-order valence-corrected chi connectivity index (χ1v) is 7.16. The highest BCUT2D eigenvalue weighted by molar-refractivity contribution is 9.10. The molecule has 0 saturated heterocycles. The predicted molar refractivity (Wildman–Crippen MR) is 81.4 cm³/mol. The molecule has 20 heavy (non-hydrogen) atoms. The number of benzene rings is 2. The van der Waals surface area contributed by atoms with Gasteiger partial charge in [-0.3, -0.25) is 4.79 Å². The lowest BCUT2D eigenvalue weighted by Gasteiger charge is -2.15. The highest BCUT2D eigenvalue weighted by Crippen LogP contribution is 2.21. The third kappa shape index (κ3) is 3.38. The summed E-state index contributed by atoms with van der Waals surface area (Å²) in [4.78, 5) is 12.1. The van der Waals surface area contributed by atoms with Crippen molar-refractivity contribution in [3.8, 4) is 0 Å². The van der Waals surface area contributed by atoms with Gasteiger partial charge in [0, 0.05) is 4.47 Å². The van der Waals surface area contributed by atoms with Crippen LogP contribution in [0.1, 0.15) is 28.9 Å². The summed E-state index contributed by atoms with van der Waals surface area (Å²) in [6.07, 6.45) is 0. The summed E-state index contributed by atoms with van der Waals surface area (Å²) in [5, 5.41) is 2.84. The minimum atomic E-state index is -0.627. The van der Waals surface area contributed by atoms with Crippen molar-refractivity contribution in [2.45, 2.75) is 13.0 Å². The van der Waals surface area contributed by atoms with Crippen molar-refractivity contribution in [1.82, 2.24) is 5.32 Å². The largest absolute Gasteiger partial charge is 0.345 e. The number of carbonyl (C=O) groups is 1. The first kappa shape index (κ1) is 15.0. The van der Waals surface area contributed by atoms with Crippen molar-refractivity contribution in [3.63, 3.8) is 0 Å². The van der Waals surface area contributed by atoms with Gasteiger partial charge < -0.3 is 5.32 Å². The number of carbonyl (C=O) groups excluding carboxylic acids is 1. The molecule has 104 valence electrons. The zero-order chi connectivity index (χ0) is 14.7. The van der Waals surface area contributed by atoms with Crippen molar-refractivity contribution in [3.05, 3.63) is 68.9 Å². The van der Waals surface area contributed by atoms with Crippen molar-refractivity contribution >= 4 is 33.4 Å². The van der Waals surface area contributed by atoms with Crippen LogP contribution in [-0.2, 0) is 0 Å². The van der Waals surface area contributed by atoms with Gasteiger partial charge in [-0.25, -0.2) is 4.39 Å². The average molecular weight is 357 g/mol. The molecular formula is C15H12BrClFNO. The van der Waals surface area contributed by atoms with Crippen molar-refractivity contribution < 1.29 is 9.18 Å². The van der Waals surface area contributed by atoms with Gasteiger partial charge in [0.1, 0.15) is 5.82 Å². The summed E-state index contributed by atoms with van der Waals surface area (Å²) in [6, 6.07) is 11.5. The van der Waals surface area contributed by atoms with Gasteiger partial charge in [0.25, 0.3) is 5.91 Å². The van der Waals surface area contributed by atoms with Crippen LogP contribution in [0.3, 0.4) is 0 Å². The molecule has 2 nitrogen and oxygen atoms in total. The predicted octanol–water partition coefficient (Wildman–Crippen LogP) is 4.73. The van der Waals surface area contributed by atoms with Crippen LogP contribution in [0.4, 0.5) is 4.39 Å². The maximum absolute atomic E-state index is 13.7. The molecule has 1 atom stereocenters. The molecule has 1 amide bonds. The quantitative estimate of drug-likeness (QED) is 0.846. The molecular weight excluding hydrogens is 345 g/mol. The van der Waals surface area contributed by atoms with Crippen LogP contribution in [0.25, 0.3) is 0 Å². The van der Waals surface area contributed by atoms with E-state index in [1.807, 2.05) is 31.2 Å². The van der Waals surface area contributed by atoms with Gasteiger partial charge in [0.2, 0.25) is 0 Å². The van der Waals surface area contributed by atoms with Crippen molar-refractivity contribution in [1.29, 1.82) is 0 Å². The van der Waals surface area contributed by atoms with Crippen LogP contribution in [0.15, 0.2) is 46.9 Å². The number of halogens is 3. The third-order valence-corrected chi connectivity index (χ3v) is 3.75. The van der Waals surface area contributed by atoms with Crippen LogP contribution in [0.2, 0.25) is 5.02 Å². The summed E-state index contributed by atoms with van der Waals surface area (Å²) in [6.45, 7) is 1.83. The highest BCUT2D eigenvalue weighted by atomic mass is 79.9.